The maximum Gasteiger partial charge on any atom is 0.305 e. The van der Waals surface area contributed by atoms with Crippen LogP contribution < -0.4 is 0 Å². The van der Waals surface area contributed by atoms with Gasteiger partial charge in [-0.25, -0.2) is 4.39 Å². The summed E-state index contributed by atoms with van der Waals surface area (Å²) >= 11 is 5.84. The number of hydrogen-bond donors (Lipinski definition) is 1. The molecule has 1 fully saturated rings. The molecule has 1 aromatic carbocycles. The highest BCUT2D eigenvalue weighted by Gasteiger charge is 2.25. The first-order valence-corrected chi connectivity index (χ1v) is 7.43. The molecule has 7 heteroatoms. The van der Waals surface area contributed by atoms with Gasteiger partial charge in [-0.15, -0.1) is 0 Å². The Morgan fingerprint density at radius 2 is 2.23 bits per heavy atom. The van der Waals surface area contributed by atoms with E-state index in [4.69, 9.17) is 21.4 Å². The fourth-order valence-electron chi connectivity index (χ4n) is 2.38. The number of carbonyl (C=O) groups excluding carboxylic acids is 1. The number of nitrogens with zero attached hydrogens (tertiary/aromatic N) is 1. The average Bonchev–Trinajstić information content (AvgIpc) is 2.98. The number of hydrogen-bond acceptors (Lipinski definition) is 3. The van der Waals surface area contributed by atoms with Gasteiger partial charge in [-0.2, -0.15) is 0 Å². The van der Waals surface area contributed by atoms with Gasteiger partial charge in [0, 0.05) is 19.7 Å². The maximum atomic E-state index is 13.5. The number of benzene rings is 1. The van der Waals surface area contributed by atoms with Gasteiger partial charge in [0.1, 0.15) is 5.82 Å². The van der Waals surface area contributed by atoms with E-state index in [0.29, 0.717) is 6.61 Å². The van der Waals surface area contributed by atoms with E-state index in [1.807, 2.05) is 0 Å². The molecule has 2 rings (SSSR count). The van der Waals surface area contributed by atoms with Crippen molar-refractivity contribution >= 4 is 23.5 Å². The first kappa shape index (κ1) is 16.7. The van der Waals surface area contributed by atoms with Gasteiger partial charge >= 0.3 is 5.97 Å². The summed E-state index contributed by atoms with van der Waals surface area (Å²) in [5, 5.41) is 8.57. The highest BCUT2D eigenvalue weighted by atomic mass is 35.5. The molecule has 1 atom stereocenters. The molecule has 1 saturated heterocycles. The molecule has 1 heterocycles. The summed E-state index contributed by atoms with van der Waals surface area (Å²) in [5.74, 6) is -2.17. The predicted molar refractivity (Wildman–Crippen MR) is 78.5 cm³/mol. The standard InChI is InChI=1S/C15H17ClFNO4/c16-14-11(4-1-5-12(14)17)15(21)18(7-6-13(19)20)9-10-3-2-8-22-10/h1,4-5,10H,2-3,6-9H2,(H,19,20)/t10-/m1/s1. The Balaban J connectivity index is 2.16. The van der Waals surface area contributed by atoms with E-state index in [0.717, 1.165) is 12.8 Å². The van der Waals surface area contributed by atoms with Crippen molar-refractivity contribution in [1.82, 2.24) is 4.90 Å². The molecular formula is C15H17ClFNO4. The Morgan fingerprint density at radius 3 is 2.86 bits per heavy atom. The van der Waals surface area contributed by atoms with Crippen molar-refractivity contribution in [2.45, 2.75) is 25.4 Å². The number of aliphatic carboxylic acids is 1. The number of ether oxygens (including phenoxy) is 1. The smallest absolute Gasteiger partial charge is 0.305 e. The van der Waals surface area contributed by atoms with Crippen molar-refractivity contribution < 1.29 is 23.8 Å². The molecule has 0 spiro atoms. The molecule has 0 unspecified atom stereocenters. The summed E-state index contributed by atoms with van der Waals surface area (Å²) < 4.78 is 19.0. The molecular weight excluding hydrogens is 313 g/mol. The van der Waals surface area contributed by atoms with Crippen LogP contribution in [0.1, 0.15) is 29.6 Å². The Kier molecular flexibility index (Phi) is 5.74. The molecule has 1 aliphatic rings. The van der Waals surface area contributed by atoms with E-state index in [-0.39, 0.29) is 36.2 Å². The van der Waals surface area contributed by atoms with Crippen molar-refractivity contribution in [3.63, 3.8) is 0 Å². The van der Waals surface area contributed by atoms with E-state index >= 15 is 0 Å². The largest absolute Gasteiger partial charge is 0.481 e. The van der Waals surface area contributed by atoms with Gasteiger partial charge in [-0.3, -0.25) is 9.59 Å². The molecule has 0 aliphatic carbocycles. The third-order valence-electron chi connectivity index (χ3n) is 3.51. The maximum absolute atomic E-state index is 13.5. The van der Waals surface area contributed by atoms with Crippen LogP contribution in [-0.2, 0) is 9.53 Å². The number of halogens is 2. The monoisotopic (exact) mass is 329 g/mol. The van der Waals surface area contributed by atoms with Crippen LogP contribution in [0.25, 0.3) is 0 Å². The summed E-state index contributed by atoms with van der Waals surface area (Å²) in [5.41, 5.74) is 0.0325. The van der Waals surface area contributed by atoms with Crippen LogP contribution in [0, 0.1) is 5.82 Å². The van der Waals surface area contributed by atoms with Crippen molar-refractivity contribution in [2.75, 3.05) is 19.7 Å². The quantitative estimate of drug-likeness (QED) is 0.871. The predicted octanol–water partition coefficient (Wildman–Crippen LogP) is 2.58. The highest BCUT2D eigenvalue weighted by Crippen LogP contribution is 2.22. The lowest BCUT2D eigenvalue weighted by molar-refractivity contribution is -0.137. The molecule has 0 bridgehead atoms. The Morgan fingerprint density at radius 1 is 1.45 bits per heavy atom. The zero-order valence-electron chi connectivity index (χ0n) is 11.9. The Bertz CT molecular complexity index is 560. The second kappa shape index (κ2) is 7.56. The topological polar surface area (TPSA) is 66.8 Å². The molecule has 5 nitrogen and oxygen atoms in total. The number of carboxylic acids is 1. The minimum Gasteiger partial charge on any atom is -0.481 e. The molecule has 0 radical (unpaired) electrons. The molecule has 1 N–H and O–H groups in total. The molecule has 0 saturated carbocycles. The number of carbonyl (C=O) groups is 2. The van der Waals surface area contributed by atoms with Crippen LogP contribution in [0.15, 0.2) is 18.2 Å². The van der Waals surface area contributed by atoms with Crippen molar-refractivity contribution in [3.8, 4) is 0 Å². The molecule has 1 aliphatic heterocycles. The second-order valence-corrected chi connectivity index (χ2v) is 5.51. The van der Waals surface area contributed by atoms with Crippen molar-refractivity contribution in [3.05, 3.63) is 34.6 Å². The molecule has 120 valence electrons. The van der Waals surface area contributed by atoms with Crippen LogP contribution in [-0.4, -0.2) is 47.7 Å². The van der Waals surface area contributed by atoms with Gasteiger partial charge in [-0.1, -0.05) is 17.7 Å². The molecule has 0 aromatic heterocycles. The van der Waals surface area contributed by atoms with Gasteiger partial charge in [0.15, 0.2) is 0 Å². The van der Waals surface area contributed by atoms with Crippen molar-refractivity contribution in [1.29, 1.82) is 0 Å². The van der Waals surface area contributed by atoms with Crippen LogP contribution in [0.5, 0.6) is 0 Å². The first-order valence-electron chi connectivity index (χ1n) is 7.05. The van der Waals surface area contributed by atoms with E-state index in [2.05, 4.69) is 0 Å². The molecule has 22 heavy (non-hydrogen) atoms. The number of amides is 1. The minimum absolute atomic E-state index is 0.0286. The van der Waals surface area contributed by atoms with Gasteiger partial charge in [-0.05, 0) is 25.0 Å². The lowest BCUT2D eigenvalue weighted by Gasteiger charge is -2.25. The Hall–Kier alpha value is -1.66. The lowest BCUT2D eigenvalue weighted by atomic mass is 10.1. The van der Waals surface area contributed by atoms with Gasteiger partial charge in [0.25, 0.3) is 5.91 Å². The van der Waals surface area contributed by atoms with E-state index in [9.17, 15) is 14.0 Å². The highest BCUT2D eigenvalue weighted by molar-refractivity contribution is 6.34. The number of rotatable bonds is 6. The van der Waals surface area contributed by atoms with Gasteiger partial charge in [0.2, 0.25) is 0 Å². The summed E-state index contributed by atoms with van der Waals surface area (Å²) in [4.78, 5) is 24.7. The zero-order valence-corrected chi connectivity index (χ0v) is 12.7. The van der Waals surface area contributed by atoms with Crippen LogP contribution in [0.3, 0.4) is 0 Å². The van der Waals surface area contributed by atoms with E-state index in [1.165, 1.54) is 23.1 Å². The summed E-state index contributed by atoms with van der Waals surface area (Å²) in [6.07, 6.45) is 1.41. The second-order valence-electron chi connectivity index (χ2n) is 5.13. The van der Waals surface area contributed by atoms with Crippen LogP contribution in [0.4, 0.5) is 4.39 Å². The fraction of sp³-hybridized carbons (Fsp3) is 0.467. The van der Waals surface area contributed by atoms with Crippen LogP contribution >= 0.6 is 11.6 Å². The SMILES string of the molecule is O=C(O)CCN(C[C@H]1CCCO1)C(=O)c1cccc(F)c1Cl. The van der Waals surface area contributed by atoms with Gasteiger partial charge < -0.3 is 14.7 Å². The van der Waals surface area contributed by atoms with Gasteiger partial charge in [0.05, 0.1) is 23.1 Å². The lowest BCUT2D eigenvalue weighted by Crippen LogP contribution is -2.39. The first-order chi connectivity index (χ1) is 10.5. The molecule has 1 aromatic rings. The van der Waals surface area contributed by atoms with E-state index < -0.39 is 17.7 Å². The summed E-state index contributed by atoms with van der Waals surface area (Å²) in [7, 11) is 0. The summed E-state index contributed by atoms with van der Waals surface area (Å²) in [6, 6.07) is 3.99. The number of carboxylic acid groups (broad SMARTS) is 1. The fourth-order valence-corrected chi connectivity index (χ4v) is 2.59. The average molecular weight is 330 g/mol. The van der Waals surface area contributed by atoms with E-state index in [1.54, 1.807) is 0 Å². The zero-order chi connectivity index (χ0) is 16.1. The normalized spacial score (nSPS) is 17.5. The third-order valence-corrected chi connectivity index (χ3v) is 3.90. The molecule has 1 amide bonds. The van der Waals surface area contributed by atoms with Crippen molar-refractivity contribution in [2.24, 2.45) is 0 Å². The van der Waals surface area contributed by atoms with Crippen LogP contribution in [0.2, 0.25) is 5.02 Å². The Labute approximate surface area is 132 Å². The third kappa shape index (κ3) is 4.18. The minimum atomic E-state index is -1.00. The summed E-state index contributed by atoms with van der Waals surface area (Å²) in [6.45, 7) is 0.937.